The Bertz CT molecular complexity index is 735. The molecule has 0 fully saturated rings. The molecule has 0 bridgehead atoms. The highest BCUT2D eigenvalue weighted by molar-refractivity contribution is 5.87. The van der Waals surface area contributed by atoms with Crippen LogP contribution in [0.2, 0.25) is 0 Å². The number of carbonyl (C=O) groups is 2. The summed E-state index contributed by atoms with van der Waals surface area (Å²) in [5.74, 6) is -0.212. The second kappa shape index (κ2) is 9.79. The Morgan fingerprint density at radius 1 is 1.12 bits per heavy atom. The van der Waals surface area contributed by atoms with Gasteiger partial charge in [0.2, 0.25) is 5.91 Å². The van der Waals surface area contributed by atoms with E-state index < -0.39 is 11.5 Å². The Morgan fingerprint density at radius 3 is 2.46 bits per heavy atom. The fourth-order valence-electron chi connectivity index (χ4n) is 2.23. The Balaban J connectivity index is 0.00000338. The van der Waals surface area contributed by atoms with E-state index in [-0.39, 0.29) is 24.9 Å². The molecule has 0 saturated heterocycles. The third-order valence-corrected chi connectivity index (χ3v) is 3.78. The third-order valence-electron chi connectivity index (χ3n) is 3.78. The van der Waals surface area contributed by atoms with E-state index in [0.717, 1.165) is 11.1 Å². The van der Waals surface area contributed by atoms with Gasteiger partial charge in [-0.3, -0.25) is 4.79 Å². The highest BCUT2D eigenvalue weighted by atomic mass is 35.5. The van der Waals surface area contributed by atoms with Crippen molar-refractivity contribution in [3.8, 4) is 5.75 Å². The second-order valence-corrected chi connectivity index (χ2v) is 5.76. The van der Waals surface area contributed by atoms with Crippen molar-refractivity contribution < 1.29 is 19.1 Å². The van der Waals surface area contributed by atoms with Crippen LogP contribution in [0.25, 0.3) is 0 Å². The van der Waals surface area contributed by atoms with Crippen molar-refractivity contribution in [2.24, 2.45) is 5.73 Å². The number of amides is 1. The molecule has 1 amide bonds. The first-order valence-corrected chi connectivity index (χ1v) is 7.84. The van der Waals surface area contributed by atoms with Gasteiger partial charge in [0.15, 0.2) is 6.61 Å². The lowest BCUT2D eigenvalue weighted by Crippen LogP contribution is -2.48. The molecule has 0 radical (unpaired) electrons. The van der Waals surface area contributed by atoms with Crippen molar-refractivity contribution in [1.82, 2.24) is 5.32 Å². The van der Waals surface area contributed by atoms with E-state index in [1.165, 1.54) is 7.11 Å². The SMILES string of the molecule is COC(=O)COc1cccc(CNC(=O)C(C)(N)c2ccccc2)c1.Cl. The Labute approximate surface area is 159 Å². The summed E-state index contributed by atoms with van der Waals surface area (Å²) in [5, 5.41) is 2.83. The van der Waals surface area contributed by atoms with Crippen molar-refractivity contribution in [2.45, 2.75) is 19.0 Å². The number of hydrogen-bond donors (Lipinski definition) is 2. The van der Waals surface area contributed by atoms with Gasteiger partial charge in [-0.15, -0.1) is 12.4 Å². The average Bonchev–Trinajstić information content (AvgIpc) is 2.65. The van der Waals surface area contributed by atoms with E-state index in [9.17, 15) is 9.59 Å². The number of carbonyl (C=O) groups excluding carboxylic acids is 2. The Kier molecular flexibility index (Phi) is 8.09. The van der Waals surface area contributed by atoms with Crippen LogP contribution in [0.3, 0.4) is 0 Å². The van der Waals surface area contributed by atoms with Crippen LogP contribution in [0.15, 0.2) is 54.6 Å². The van der Waals surface area contributed by atoms with Gasteiger partial charge in [0.1, 0.15) is 11.3 Å². The number of methoxy groups -OCH3 is 1. The average molecular weight is 379 g/mol. The molecule has 0 aliphatic rings. The first-order chi connectivity index (χ1) is 11.9. The van der Waals surface area contributed by atoms with Crippen LogP contribution >= 0.6 is 12.4 Å². The molecule has 0 aliphatic carbocycles. The first kappa shape index (κ1) is 21.5. The van der Waals surface area contributed by atoms with Gasteiger partial charge in [-0.05, 0) is 30.2 Å². The summed E-state index contributed by atoms with van der Waals surface area (Å²) in [6, 6.07) is 16.3. The van der Waals surface area contributed by atoms with Crippen LogP contribution in [0.1, 0.15) is 18.1 Å². The maximum atomic E-state index is 12.4. The van der Waals surface area contributed by atoms with Gasteiger partial charge in [-0.25, -0.2) is 4.79 Å². The summed E-state index contributed by atoms with van der Waals surface area (Å²) in [6.45, 7) is 1.81. The van der Waals surface area contributed by atoms with E-state index in [1.807, 2.05) is 36.4 Å². The molecule has 0 heterocycles. The quantitative estimate of drug-likeness (QED) is 0.720. The molecule has 7 heteroatoms. The summed E-state index contributed by atoms with van der Waals surface area (Å²) >= 11 is 0. The molecular formula is C19H23ClN2O4. The third kappa shape index (κ3) is 5.75. The van der Waals surface area contributed by atoms with E-state index in [2.05, 4.69) is 10.1 Å². The number of benzene rings is 2. The minimum atomic E-state index is -1.12. The summed E-state index contributed by atoms with van der Waals surface area (Å²) in [5.41, 5.74) is 6.63. The minimum Gasteiger partial charge on any atom is -0.482 e. The standard InChI is InChI=1S/C19H22N2O4.ClH/c1-19(20,15-8-4-3-5-9-15)18(23)21-12-14-7-6-10-16(11-14)25-13-17(22)24-2;/h3-11H,12-13,20H2,1-2H3,(H,21,23);1H. The van der Waals surface area contributed by atoms with Crippen molar-refractivity contribution in [3.63, 3.8) is 0 Å². The summed E-state index contributed by atoms with van der Waals surface area (Å²) in [6.07, 6.45) is 0. The van der Waals surface area contributed by atoms with Gasteiger partial charge in [0, 0.05) is 6.54 Å². The molecule has 26 heavy (non-hydrogen) atoms. The van der Waals surface area contributed by atoms with Gasteiger partial charge < -0.3 is 20.5 Å². The van der Waals surface area contributed by atoms with E-state index in [0.29, 0.717) is 12.3 Å². The number of rotatable bonds is 7. The predicted molar refractivity (Wildman–Crippen MR) is 101 cm³/mol. The van der Waals surface area contributed by atoms with E-state index >= 15 is 0 Å². The maximum absolute atomic E-state index is 12.4. The van der Waals surface area contributed by atoms with Crippen LogP contribution in [0, 0.1) is 0 Å². The zero-order valence-corrected chi connectivity index (χ0v) is 15.5. The lowest BCUT2D eigenvalue weighted by atomic mass is 9.92. The fourth-order valence-corrected chi connectivity index (χ4v) is 2.23. The van der Waals surface area contributed by atoms with Crippen LogP contribution in [-0.4, -0.2) is 25.6 Å². The highest BCUT2D eigenvalue weighted by Gasteiger charge is 2.29. The summed E-state index contributed by atoms with van der Waals surface area (Å²) in [4.78, 5) is 23.6. The molecule has 140 valence electrons. The van der Waals surface area contributed by atoms with Gasteiger partial charge in [0.05, 0.1) is 7.11 Å². The fraction of sp³-hybridized carbons (Fsp3) is 0.263. The molecule has 0 spiro atoms. The van der Waals surface area contributed by atoms with E-state index in [1.54, 1.807) is 25.1 Å². The van der Waals surface area contributed by atoms with Crippen molar-refractivity contribution in [2.75, 3.05) is 13.7 Å². The molecule has 1 atom stereocenters. The van der Waals surface area contributed by atoms with Crippen molar-refractivity contribution >= 4 is 24.3 Å². The number of hydrogen-bond acceptors (Lipinski definition) is 5. The second-order valence-electron chi connectivity index (χ2n) is 5.76. The van der Waals surface area contributed by atoms with Crippen LogP contribution in [0.5, 0.6) is 5.75 Å². The number of nitrogens with two attached hydrogens (primary N) is 1. The first-order valence-electron chi connectivity index (χ1n) is 7.84. The van der Waals surface area contributed by atoms with Crippen LogP contribution in [0.4, 0.5) is 0 Å². The largest absolute Gasteiger partial charge is 0.482 e. The molecule has 0 aliphatic heterocycles. The van der Waals surface area contributed by atoms with Gasteiger partial charge in [-0.2, -0.15) is 0 Å². The lowest BCUT2D eigenvalue weighted by Gasteiger charge is -2.24. The molecule has 6 nitrogen and oxygen atoms in total. The van der Waals surface area contributed by atoms with Crippen LogP contribution in [-0.2, 0) is 26.4 Å². The molecule has 1 unspecified atom stereocenters. The Morgan fingerprint density at radius 2 is 1.81 bits per heavy atom. The lowest BCUT2D eigenvalue weighted by molar-refractivity contribution is -0.142. The van der Waals surface area contributed by atoms with Gasteiger partial charge in [0.25, 0.3) is 0 Å². The molecule has 0 aromatic heterocycles. The zero-order valence-electron chi connectivity index (χ0n) is 14.7. The summed E-state index contributed by atoms with van der Waals surface area (Å²) in [7, 11) is 1.30. The Hall–Kier alpha value is -2.57. The monoisotopic (exact) mass is 378 g/mol. The normalized spacial score (nSPS) is 12.3. The topological polar surface area (TPSA) is 90.6 Å². The smallest absolute Gasteiger partial charge is 0.343 e. The van der Waals surface area contributed by atoms with Crippen molar-refractivity contribution in [1.29, 1.82) is 0 Å². The number of halogens is 1. The van der Waals surface area contributed by atoms with Crippen molar-refractivity contribution in [3.05, 3.63) is 65.7 Å². The molecule has 3 N–H and O–H groups in total. The zero-order chi connectivity index (χ0) is 18.3. The predicted octanol–water partition coefficient (Wildman–Crippen LogP) is 2.15. The molecule has 0 saturated carbocycles. The molecule has 2 aromatic rings. The van der Waals surface area contributed by atoms with Gasteiger partial charge in [-0.1, -0.05) is 42.5 Å². The van der Waals surface area contributed by atoms with Crippen LogP contribution < -0.4 is 15.8 Å². The number of nitrogens with one attached hydrogen (secondary N) is 1. The minimum absolute atomic E-state index is 0. The van der Waals surface area contributed by atoms with Gasteiger partial charge >= 0.3 is 5.97 Å². The highest BCUT2D eigenvalue weighted by Crippen LogP contribution is 2.18. The molecule has 2 rings (SSSR count). The number of esters is 1. The summed E-state index contributed by atoms with van der Waals surface area (Å²) < 4.78 is 9.86. The molecular weight excluding hydrogens is 356 g/mol. The number of ether oxygens (including phenoxy) is 2. The van der Waals surface area contributed by atoms with E-state index in [4.69, 9.17) is 10.5 Å². The maximum Gasteiger partial charge on any atom is 0.343 e. The molecule has 2 aromatic carbocycles.